The summed E-state index contributed by atoms with van der Waals surface area (Å²) >= 11 is 0. The largest absolute Gasteiger partial charge is 0.420 e. The molecule has 0 aliphatic heterocycles. The normalized spacial score (nSPS) is 11.5. The van der Waals surface area contributed by atoms with E-state index in [2.05, 4.69) is 48.6 Å². The van der Waals surface area contributed by atoms with Crippen LogP contribution in [0.15, 0.2) is 364 Å². The highest BCUT2D eigenvalue weighted by molar-refractivity contribution is 6.17. The first-order valence-electron chi connectivity index (χ1n) is 43.2. The molecular formula is C118H60F6N12. The van der Waals surface area contributed by atoms with Crippen molar-refractivity contribution in [3.05, 3.63) is 420 Å². The van der Waals surface area contributed by atoms with Crippen molar-refractivity contribution in [3.8, 4) is 171 Å². The number of benzene rings is 18. The summed E-state index contributed by atoms with van der Waals surface area (Å²) in [6, 6.07) is 122. The first-order valence-corrected chi connectivity index (χ1v) is 43.2. The maximum absolute atomic E-state index is 18.6. The number of nitriles is 8. The van der Waals surface area contributed by atoms with Crippen molar-refractivity contribution in [1.29, 1.82) is 42.1 Å². The Balaban J connectivity index is 0.834. The summed E-state index contributed by atoms with van der Waals surface area (Å²) in [5.74, 6) is 0. The monoisotopic (exact) mass is 1760 g/mol. The zero-order chi connectivity index (χ0) is 93.1. The van der Waals surface area contributed by atoms with Gasteiger partial charge in [0.2, 0.25) is 0 Å². The number of alkyl halides is 6. The van der Waals surface area contributed by atoms with E-state index in [9.17, 15) is 42.1 Å². The average Bonchev–Trinajstić information content (AvgIpc) is 1.53. The number of halogens is 6. The van der Waals surface area contributed by atoms with Gasteiger partial charge in [0.1, 0.15) is 11.1 Å². The molecule has 18 aromatic carbocycles. The number of nitrogens with zero attached hydrogens (tertiary/aromatic N) is 12. The summed E-state index contributed by atoms with van der Waals surface area (Å²) in [7, 11) is 0. The molecule has 0 spiro atoms. The Hall–Kier alpha value is -19.3. The van der Waals surface area contributed by atoms with Gasteiger partial charge in [-0.15, -0.1) is 0 Å². The number of fused-ring (bicyclic) bond motifs is 12. The van der Waals surface area contributed by atoms with E-state index >= 15 is 26.3 Å². The first kappa shape index (κ1) is 82.4. The molecule has 0 aliphatic carbocycles. The summed E-state index contributed by atoms with van der Waals surface area (Å²) in [6.07, 6.45) is -10.5. The minimum Gasteiger partial charge on any atom is -0.309 e. The molecule has 0 aliphatic rings. The first-order chi connectivity index (χ1) is 66.3. The van der Waals surface area contributed by atoms with Crippen LogP contribution in [0.1, 0.15) is 55.6 Å². The molecule has 634 valence electrons. The molecule has 4 aromatic heterocycles. The highest BCUT2D eigenvalue weighted by Crippen LogP contribution is 2.54. The van der Waals surface area contributed by atoms with Crippen LogP contribution in [0.2, 0.25) is 0 Å². The van der Waals surface area contributed by atoms with Gasteiger partial charge in [0.05, 0.1) is 160 Å². The van der Waals surface area contributed by atoms with E-state index in [1.807, 2.05) is 115 Å². The molecule has 12 nitrogen and oxygen atoms in total. The molecule has 136 heavy (non-hydrogen) atoms. The summed E-state index contributed by atoms with van der Waals surface area (Å²) in [4.78, 5) is 0. The van der Waals surface area contributed by atoms with Gasteiger partial charge in [-0.1, -0.05) is 206 Å². The molecule has 0 unspecified atom stereocenters. The lowest BCUT2D eigenvalue weighted by Gasteiger charge is -2.25. The number of para-hydroxylation sites is 2. The SMILES string of the molecule is N#Cc1cccc(-c2ccc3c4ccccc4n(-c4ccc(-c5ccc(-c6cc7c8ccc(-c9cccc(C#N)c9)cc8n(-c8ccc(-c9cccc(C#N)c9)c(-n9c%10cc(-c%11cccc(C#N)c%11)ccc%10c%10ccc(-c%11cccc(C#N)c%11)cc%109)c8C(F)(F)F)c7cc6-c6cccc(C#N)c6)c(C#N)c5)c(-n5c6ccccc6c6ccc(-c7cccc(C#N)c7)cc65)c4C(F)(F)F)c3c2)c1. The second-order valence-corrected chi connectivity index (χ2v) is 33.4. The lowest BCUT2D eigenvalue weighted by molar-refractivity contribution is -0.138. The highest BCUT2D eigenvalue weighted by Gasteiger charge is 2.43. The molecular weight excluding hydrogens is 1700 g/mol. The fourth-order valence-corrected chi connectivity index (χ4v) is 19.8. The van der Waals surface area contributed by atoms with Crippen molar-refractivity contribution in [3.63, 3.8) is 0 Å². The number of hydrogen-bond donors (Lipinski definition) is 0. The van der Waals surface area contributed by atoms with Crippen molar-refractivity contribution in [2.75, 3.05) is 0 Å². The molecule has 22 rings (SSSR count). The smallest absolute Gasteiger partial charge is 0.309 e. The average molecular weight is 1760 g/mol. The molecule has 4 heterocycles. The van der Waals surface area contributed by atoms with E-state index in [0.29, 0.717) is 176 Å². The summed E-state index contributed by atoms with van der Waals surface area (Å²) in [5, 5.41) is 89.2. The molecule has 0 saturated heterocycles. The molecule has 0 atom stereocenters. The van der Waals surface area contributed by atoms with Gasteiger partial charge in [-0.2, -0.15) is 68.4 Å². The quantitative estimate of drug-likeness (QED) is 0.101. The van der Waals surface area contributed by atoms with Crippen LogP contribution in [0.4, 0.5) is 26.3 Å². The minimum absolute atomic E-state index is 0.0353. The highest BCUT2D eigenvalue weighted by atomic mass is 19.4. The van der Waals surface area contributed by atoms with Crippen LogP contribution in [0.3, 0.4) is 0 Å². The number of rotatable bonds is 13. The van der Waals surface area contributed by atoms with Crippen LogP contribution in [0.25, 0.3) is 210 Å². The Morgan fingerprint density at radius 2 is 0.434 bits per heavy atom. The summed E-state index contributed by atoms with van der Waals surface area (Å²) < 4.78 is 117. The Morgan fingerprint density at radius 3 is 0.779 bits per heavy atom. The maximum atomic E-state index is 18.6. The van der Waals surface area contributed by atoms with Crippen molar-refractivity contribution in [2.24, 2.45) is 0 Å². The summed E-state index contributed by atoms with van der Waals surface area (Å²) in [5.41, 5.74) is 9.18. The predicted octanol–water partition coefficient (Wildman–Crippen LogP) is 30.1. The van der Waals surface area contributed by atoms with Gasteiger partial charge in [0.15, 0.2) is 0 Å². The van der Waals surface area contributed by atoms with Crippen LogP contribution < -0.4 is 0 Å². The molecule has 18 heteroatoms. The van der Waals surface area contributed by atoms with Crippen molar-refractivity contribution in [2.45, 2.75) is 12.4 Å². The molecule has 22 aromatic rings. The van der Waals surface area contributed by atoms with E-state index in [0.717, 1.165) is 0 Å². The summed E-state index contributed by atoms with van der Waals surface area (Å²) in [6.45, 7) is 0. The molecule has 0 N–H and O–H groups in total. The zero-order valence-corrected chi connectivity index (χ0v) is 71.3. The van der Waals surface area contributed by atoms with Crippen molar-refractivity contribution >= 4 is 87.2 Å². The molecule has 0 radical (unpaired) electrons. The van der Waals surface area contributed by atoms with E-state index < -0.39 is 23.5 Å². The third-order valence-corrected chi connectivity index (χ3v) is 25.8. The maximum Gasteiger partial charge on any atom is 0.420 e. The second-order valence-electron chi connectivity index (χ2n) is 33.4. The lowest BCUT2D eigenvalue weighted by Crippen LogP contribution is -2.17. The van der Waals surface area contributed by atoms with E-state index in [-0.39, 0.29) is 78.3 Å². The van der Waals surface area contributed by atoms with Crippen LogP contribution in [0.5, 0.6) is 0 Å². The second kappa shape index (κ2) is 32.4. The lowest BCUT2D eigenvalue weighted by atomic mass is 9.88. The number of aromatic nitrogens is 4. The fourth-order valence-electron chi connectivity index (χ4n) is 19.8. The topological polar surface area (TPSA) is 210 Å². The minimum atomic E-state index is -5.30. The van der Waals surface area contributed by atoms with Gasteiger partial charge in [-0.05, 0) is 241 Å². The Kier molecular flexibility index (Phi) is 19.6. The van der Waals surface area contributed by atoms with Gasteiger partial charge in [0.25, 0.3) is 0 Å². The van der Waals surface area contributed by atoms with Gasteiger partial charge in [-0.25, -0.2) is 0 Å². The fraction of sp³-hybridized carbons (Fsp3) is 0.0169. The zero-order valence-electron chi connectivity index (χ0n) is 71.3. The third kappa shape index (κ3) is 13.7. The Morgan fingerprint density at radius 1 is 0.176 bits per heavy atom. The van der Waals surface area contributed by atoms with Crippen molar-refractivity contribution < 1.29 is 26.3 Å². The predicted molar refractivity (Wildman–Crippen MR) is 520 cm³/mol. The van der Waals surface area contributed by atoms with Crippen LogP contribution in [-0.4, -0.2) is 18.3 Å². The van der Waals surface area contributed by atoms with Crippen LogP contribution >= 0.6 is 0 Å². The van der Waals surface area contributed by atoms with E-state index in [4.69, 9.17) is 0 Å². The number of hydrogen-bond acceptors (Lipinski definition) is 8. The standard InChI is InChI=1S/C118H60F6N12/c119-117(120,121)113-105(133-103-28-3-1-26-93(103)95-37-30-81(54-107(95)133)76-19-5-12-69(46-76)61-125)44-43-92(115(113)135-104-29-4-2-27-94(104)96-38-31-83(56-109(96)135)78-21-7-14-71(48-78)63-127)88-35-36-90(89(53-88)68-132)101-59-102-99-41-34-82(77-20-6-13-70(47-77)62-126)55-108(99)134(112(102)60-100(101)87-25-11-18-75(52-87)67-131)106-45-42-91(86-24-10-17-74(51-86)66-130)116(114(106)118(122,123)124)136-110-57-84(79-22-8-15-72(49-79)64-128)32-39-97(110)98-40-33-85(58-111(98)136)80-23-9-16-73(50-80)65-129/h1-60H. The Labute approximate surface area is 772 Å². The van der Waals surface area contributed by atoms with Crippen LogP contribution in [0, 0.1) is 90.6 Å². The van der Waals surface area contributed by atoms with Crippen molar-refractivity contribution in [1.82, 2.24) is 18.3 Å². The van der Waals surface area contributed by atoms with E-state index in [1.54, 1.807) is 249 Å². The van der Waals surface area contributed by atoms with Crippen LogP contribution in [-0.2, 0) is 12.4 Å². The van der Waals surface area contributed by atoms with Gasteiger partial charge in [0, 0.05) is 59.8 Å². The van der Waals surface area contributed by atoms with Gasteiger partial charge >= 0.3 is 12.4 Å². The van der Waals surface area contributed by atoms with Gasteiger partial charge < -0.3 is 18.3 Å². The third-order valence-electron chi connectivity index (χ3n) is 25.8. The molecule has 0 fully saturated rings. The molecule has 0 amide bonds. The Bertz CT molecular complexity index is 9240. The van der Waals surface area contributed by atoms with E-state index in [1.165, 1.54) is 18.2 Å². The molecule has 0 bridgehead atoms. The van der Waals surface area contributed by atoms with Gasteiger partial charge in [-0.3, -0.25) is 0 Å². The molecule has 0 saturated carbocycles.